The smallest absolute Gasteiger partial charge is 0.183 e. The molecule has 0 atom stereocenters. The molecule has 3 nitrogen and oxygen atoms in total. The minimum atomic E-state index is -0.310. The Hall–Kier alpha value is -1.91. The van der Waals surface area contributed by atoms with Gasteiger partial charge in [-0.05, 0) is 42.0 Å². The van der Waals surface area contributed by atoms with Crippen LogP contribution in [0.3, 0.4) is 0 Å². The Morgan fingerprint density at radius 2 is 1.37 bits per heavy atom. The Bertz CT molecular complexity index is 914. The van der Waals surface area contributed by atoms with Gasteiger partial charge in [-0.3, -0.25) is 0 Å². The third-order valence-electron chi connectivity index (χ3n) is 8.37. The Kier molecular flexibility index (Phi) is 12.4. The quantitative estimate of drug-likeness (QED) is 0.204. The molecule has 1 saturated heterocycles. The second-order valence-corrected chi connectivity index (χ2v) is 11.5. The first-order chi connectivity index (χ1) is 18.7. The average molecular weight is 525 g/mol. The summed E-state index contributed by atoms with van der Waals surface area (Å²) in [6.07, 6.45) is 19.2. The summed E-state index contributed by atoms with van der Waals surface area (Å²) in [4.78, 5) is 0. The lowest BCUT2D eigenvalue weighted by Gasteiger charge is -2.29. The lowest BCUT2D eigenvalue weighted by Crippen LogP contribution is -2.27. The largest absolute Gasteiger partial charge is 0.491 e. The van der Waals surface area contributed by atoms with Gasteiger partial charge in [-0.25, -0.2) is 4.39 Å². The first-order valence-electron chi connectivity index (χ1n) is 15.5. The van der Waals surface area contributed by atoms with Gasteiger partial charge in [0.15, 0.2) is 17.9 Å². The zero-order valence-electron chi connectivity index (χ0n) is 23.6. The van der Waals surface area contributed by atoms with Gasteiger partial charge in [0.25, 0.3) is 0 Å². The van der Waals surface area contributed by atoms with Crippen LogP contribution in [0.2, 0.25) is 0 Å². The van der Waals surface area contributed by atoms with E-state index < -0.39 is 0 Å². The highest BCUT2D eigenvalue weighted by Crippen LogP contribution is 2.31. The third kappa shape index (κ3) is 9.38. The van der Waals surface area contributed by atoms with Crippen LogP contribution in [-0.2, 0) is 9.47 Å². The topological polar surface area (TPSA) is 27.7 Å². The van der Waals surface area contributed by atoms with Crippen molar-refractivity contribution in [1.82, 2.24) is 0 Å². The van der Waals surface area contributed by atoms with E-state index in [0.717, 1.165) is 48.7 Å². The molecule has 1 saturated carbocycles. The van der Waals surface area contributed by atoms with Gasteiger partial charge in [0.05, 0.1) is 19.8 Å². The second kappa shape index (κ2) is 16.3. The molecule has 4 heteroatoms. The van der Waals surface area contributed by atoms with Crippen LogP contribution in [0, 0.1) is 17.7 Å². The first-order valence-corrected chi connectivity index (χ1v) is 15.5. The maximum atomic E-state index is 14.7. The van der Waals surface area contributed by atoms with Crippen molar-refractivity contribution >= 4 is 0 Å². The Morgan fingerprint density at radius 1 is 0.737 bits per heavy atom. The number of benzene rings is 2. The summed E-state index contributed by atoms with van der Waals surface area (Å²) >= 11 is 0. The normalized spacial score (nSPS) is 20.2. The lowest BCUT2D eigenvalue weighted by atomic mass is 10.00. The summed E-state index contributed by atoms with van der Waals surface area (Å²) in [7, 11) is 0. The molecule has 1 aliphatic heterocycles. The monoisotopic (exact) mass is 524 g/mol. The highest BCUT2D eigenvalue weighted by atomic mass is 19.1. The van der Waals surface area contributed by atoms with E-state index in [4.69, 9.17) is 14.2 Å². The molecule has 0 N–H and O–H groups in total. The van der Waals surface area contributed by atoms with Crippen molar-refractivity contribution in [2.75, 3.05) is 19.8 Å². The number of unbranched alkanes of at least 4 members (excludes halogenated alkanes) is 7. The molecule has 0 spiro atoms. The van der Waals surface area contributed by atoms with E-state index in [1.807, 2.05) is 30.3 Å². The molecule has 4 rings (SSSR count). The van der Waals surface area contributed by atoms with Crippen molar-refractivity contribution in [3.05, 3.63) is 53.8 Å². The van der Waals surface area contributed by atoms with Gasteiger partial charge in [-0.2, -0.15) is 0 Å². The fourth-order valence-electron chi connectivity index (χ4n) is 5.94. The van der Waals surface area contributed by atoms with Crippen LogP contribution < -0.4 is 4.74 Å². The van der Waals surface area contributed by atoms with Crippen LogP contribution in [-0.4, -0.2) is 19.8 Å². The van der Waals surface area contributed by atoms with Gasteiger partial charge in [0.2, 0.25) is 0 Å². The lowest BCUT2D eigenvalue weighted by molar-refractivity contribution is -0.206. The van der Waals surface area contributed by atoms with E-state index in [-0.39, 0.29) is 12.1 Å². The molecule has 38 heavy (non-hydrogen) atoms. The molecule has 210 valence electrons. The standard InChI is InChI=1S/C34H49FO3/c1-2-3-4-5-6-8-16-28-25-37-34(38-26-28)30-19-17-29(18-20-30)31-21-22-33(32(35)24-31)36-23-12-7-9-13-27-14-10-11-15-27/h17-22,24,27-28,34H,2-16,23,25-26H2,1H3. The van der Waals surface area contributed by atoms with Crippen LogP contribution in [0.4, 0.5) is 4.39 Å². The fraction of sp³-hybridized carbons (Fsp3) is 0.647. The molecule has 1 heterocycles. The highest BCUT2D eigenvalue weighted by molar-refractivity contribution is 5.64. The Morgan fingerprint density at radius 3 is 2.08 bits per heavy atom. The van der Waals surface area contributed by atoms with Crippen molar-refractivity contribution in [3.8, 4) is 16.9 Å². The second-order valence-electron chi connectivity index (χ2n) is 11.5. The van der Waals surface area contributed by atoms with Crippen LogP contribution >= 0.6 is 0 Å². The SMILES string of the molecule is CCCCCCCCC1COC(c2ccc(-c3ccc(OCCCCCC4CCCC4)c(F)c3)cc2)OC1. The average Bonchev–Trinajstić information content (AvgIpc) is 3.47. The predicted octanol–water partition coefficient (Wildman–Crippen LogP) is 10.0. The van der Waals surface area contributed by atoms with Crippen LogP contribution in [0.15, 0.2) is 42.5 Å². The van der Waals surface area contributed by atoms with Crippen LogP contribution in [0.1, 0.15) is 115 Å². The molecule has 2 fully saturated rings. The number of ether oxygens (including phenoxy) is 3. The fourth-order valence-corrected chi connectivity index (χ4v) is 5.94. The molecule has 2 aliphatic rings. The molecular formula is C34H49FO3. The summed E-state index contributed by atoms with van der Waals surface area (Å²) in [5, 5.41) is 0. The summed E-state index contributed by atoms with van der Waals surface area (Å²) in [5.74, 6) is 1.50. The minimum absolute atomic E-state index is 0.298. The third-order valence-corrected chi connectivity index (χ3v) is 8.37. The van der Waals surface area contributed by atoms with Crippen molar-refractivity contribution < 1.29 is 18.6 Å². The number of hydrogen-bond acceptors (Lipinski definition) is 3. The number of hydrogen-bond donors (Lipinski definition) is 0. The highest BCUT2D eigenvalue weighted by Gasteiger charge is 2.23. The summed E-state index contributed by atoms with van der Waals surface area (Å²) in [6.45, 7) is 4.35. The van der Waals surface area contributed by atoms with Crippen LogP contribution in [0.5, 0.6) is 5.75 Å². The Labute approximate surface area is 230 Å². The van der Waals surface area contributed by atoms with Gasteiger partial charge in [-0.15, -0.1) is 0 Å². The zero-order valence-corrected chi connectivity index (χ0v) is 23.6. The summed E-state index contributed by atoms with van der Waals surface area (Å²) in [6, 6.07) is 13.4. The summed E-state index contributed by atoms with van der Waals surface area (Å²) in [5.41, 5.74) is 2.84. The van der Waals surface area contributed by atoms with Gasteiger partial charge in [0.1, 0.15) is 0 Å². The van der Waals surface area contributed by atoms with Crippen molar-refractivity contribution in [1.29, 1.82) is 0 Å². The molecule has 1 aliphatic carbocycles. The van der Waals surface area contributed by atoms with Gasteiger partial charge in [0, 0.05) is 11.5 Å². The molecule has 0 aromatic heterocycles. The zero-order chi connectivity index (χ0) is 26.4. The predicted molar refractivity (Wildman–Crippen MR) is 154 cm³/mol. The summed E-state index contributed by atoms with van der Waals surface area (Å²) < 4.78 is 32.6. The molecule has 2 aromatic rings. The Balaban J connectivity index is 1.15. The minimum Gasteiger partial charge on any atom is -0.491 e. The van der Waals surface area contributed by atoms with E-state index >= 15 is 0 Å². The number of rotatable bonds is 16. The van der Waals surface area contributed by atoms with E-state index in [2.05, 4.69) is 6.92 Å². The number of halogens is 1. The maximum absolute atomic E-state index is 14.7. The van der Waals surface area contributed by atoms with Gasteiger partial charge < -0.3 is 14.2 Å². The molecule has 0 unspecified atom stereocenters. The maximum Gasteiger partial charge on any atom is 0.183 e. The molecular weight excluding hydrogens is 475 g/mol. The van der Waals surface area contributed by atoms with Gasteiger partial charge in [-0.1, -0.05) is 121 Å². The molecule has 2 aromatic carbocycles. The molecule has 0 radical (unpaired) electrons. The van der Waals surface area contributed by atoms with E-state index in [1.165, 1.54) is 83.5 Å². The van der Waals surface area contributed by atoms with Crippen LogP contribution in [0.25, 0.3) is 11.1 Å². The van der Waals surface area contributed by atoms with E-state index in [0.29, 0.717) is 18.3 Å². The van der Waals surface area contributed by atoms with Crippen molar-refractivity contribution in [2.45, 2.75) is 110 Å². The first kappa shape index (κ1) is 29.1. The van der Waals surface area contributed by atoms with E-state index in [9.17, 15) is 4.39 Å². The van der Waals surface area contributed by atoms with Gasteiger partial charge >= 0.3 is 0 Å². The van der Waals surface area contributed by atoms with Crippen molar-refractivity contribution in [3.63, 3.8) is 0 Å². The molecule has 0 amide bonds. The van der Waals surface area contributed by atoms with E-state index in [1.54, 1.807) is 12.1 Å². The molecule has 0 bridgehead atoms. The van der Waals surface area contributed by atoms with Crippen molar-refractivity contribution in [2.24, 2.45) is 11.8 Å².